The molecule has 2 aromatic rings. The molecule has 0 heterocycles. The van der Waals surface area contributed by atoms with Crippen LogP contribution in [0.3, 0.4) is 0 Å². The molecule has 2 aromatic carbocycles. The summed E-state index contributed by atoms with van der Waals surface area (Å²) in [6.07, 6.45) is 0.857. The lowest BCUT2D eigenvalue weighted by Crippen LogP contribution is -2.41. The number of hydrogen-bond donors (Lipinski definition) is 2. The summed E-state index contributed by atoms with van der Waals surface area (Å²) in [5.74, 6) is 0.824. The maximum Gasteiger partial charge on any atom is 0.236 e. The van der Waals surface area contributed by atoms with E-state index in [1.165, 1.54) is 5.56 Å². The van der Waals surface area contributed by atoms with E-state index in [1.807, 2.05) is 55.5 Å². The molecule has 0 saturated heterocycles. The predicted octanol–water partition coefficient (Wildman–Crippen LogP) is 3.19. The van der Waals surface area contributed by atoms with Crippen LogP contribution < -0.4 is 15.4 Å². The van der Waals surface area contributed by atoms with Gasteiger partial charge in [-0.3, -0.25) is 4.79 Å². The molecular weight excluding hydrogens is 324 g/mol. The molecule has 4 nitrogen and oxygen atoms in total. The zero-order chi connectivity index (χ0) is 17.4. The van der Waals surface area contributed by atoms with E-state index in [-0.39, 0.29) is 11.9 Å². The molecule has 128 valence electrons. The second-order valence-corrected chi connectivity index (χ2v) is 6.04. The van der Waals surface area contributed by atoms with Crippen molar-refractivity contribution in [3.63, 3.8) is 0 Å². The molecule has 0 spiro atoms. The molecule has 1 amide bonds. The Hall–Kier alpha value is -2.04. The largest absolute Gasteiger partial charge is 0.489 e. The highest BCUT2D eigenvalue weighted by atomic mass is 35.5. The third-order valence-corrected chi connectivity index (χ3v) is 3.96. The molecule has 0 aliphatic carbocycles. The normalized spacial score (nSPS) is 11.8. The van der Waals surface area contributed by atoms with Gasteiger partial charge in [-0.1, -0.05) is 35.9 Å². The minimum absolute atomic E-state index is 0.000219. The number of benzene rings is 2. The van der Waals surface area contributed by atoms with E-state index in [0.29, 0.717) is 11.6 Å². The fourth-order valence-electron chi connectivity index (χ4n) is 2.29. The summed E-state index contributed by atoms with van der Waals surface area (Å²) in [6.45, 7) is 3.09. The molecule has 1 atom stereocenters. The molecule has 0 aliphatic heterocycles. The smallest absolute Gasteiger partial charge is 0.236 e. The summed E-state index contributed by atoms with van der Waals surface area (Å²) in [6, 6.07) is 15.5. The van der Waals surface area contributed by atoms with Crippen molar-refractivity contribution in [3.8, 4) is 5.75 Å². The van der Waals surface area contributed by atoms with Crippen LogP contribution in [0.25, 0.3) is 0 Å². The Morgan fingerprint density at radius 1 is 1.17 bits per heavy atom. The van der Waals surface area contributed by atoms with Gasteiger partial charge in [-0.05, 0) is 55.3 Å². The zero-order valence-electron chi connectivity index (χ0n) is 14.0. The van der Waals surface area contributed by atoms with E-state index in [9.17, 15) is 4.79 Å². The average molecular weight is 347 g/mol. The van der Waals surface area contributed by atoms with E-state index in [1.54, 1.807) is 7.05 Å². The first-order chi connectivity index (χ1) is 11.6. The second-order valence-electron chi connectivity index (χ2n) is 5.60. The fraction of sp³-hybridized carbons (Fsp3) is 0.316. The Morgan fingerprint density at radius 3 is 2.58 bits per heavy atom. The Bertz CT molecular complexity index is 659. The van der Waals surface area contributed by atoms with Gasteiger partial charge in [-0.2, -0.15) is 0 Å². The van der Waals surface area contributed by atoms with Crippen molar-refractivity contribution in [3.05, 3.63) is 64.7 Å². The zero-order valence-corrected chi connectivity index (χ0v) is 14.8. The number of carbonyl (C=O) groups is 1. The molecule has 0 bridgehead atoms. The van der Waals surface area contributed by atoms with Crippen LogP contribution in [0.5, 0.6) is 5.75 Å². The predicted molar refractivity (Wildman–Crippen MR) is 97.5 cm³/mol. The van der Waals surface area contributed by atoms with Gasteiger partial charge in [0.05, 0.1) is 6.04 Å². The van der Waals surface area contributed by atoms with Gasteiger partial charge in [-0.15, -0.1) is 0 Å². The first-order valence-electron chi connectivity index (χ1n) is 7.99. The lowest BCUT2D eigenvalue weighted by Gasteiger charge is -2.12. The van der Waals surface area contributed by atoms with Gasteiger partial charge in [0.2, 0.25) is 5.91 Å². The van der Waals surface area contributed by atoms with Gasteiger partial charge in [0.15, 0.2) is 0 Å². The van der Waals surface area contributed by atoms with E-state index >= 15 is 0 Å². The van der Waals surface area contributed by atoms with Crippen molar-refractivity contribution in [2.24, 2.45) is 0 Å². The number of ether oxygens (including phenoxy) is 1. The quantitative estimate of drug-likeness (QED) is 0.771. The molecular formula is C19H23ClN2O2. The van der Waals surface area contributed by atoms with Crippen molar-refractivity contribution < 1.29 is 9.53 Å². The molecule has 0 saturated carbocycles. The van der Waals surface area contributed by atoms with Crippen LogP contribution in [-0.4, -0.2) is 25.5 Å². The van der Waals surface area contributed by atoms with Gasteiger partial charge >= 0.3 is 0 Å². The van der Waals surface area contributed by atoms with E-state index < -0.39 is 0 Å². The molecule has 5 heteroatoms. The van der Waals surface area contributed by atoms with Gasteiger partial charge < -0.3 is 15.4 Å². The van der Waals surface area contributed by atoms with Gasteiger partial charge in [0.25, 0.3) is 0 Å². The number of halogens is 1. The van der Waals surface area contributed by atoms with Crippen LogP contribution in [0.4, 0.5) is 0 Å². The lowest BCUT2D eigenvalue weighted by molar-refractivity contribution is -0.122. The first-order valence-corrected chi connectivity index (χ1v) is 8.37. The summed E-state index contributed by atoms with van der Waals surface area (Å²) >= 11 is 5.96. The number of nitrogens with one attached hydrogen (secondary N) is 2. The molecule has 2 N–H and O–H groups in total. The standard InChI is InChI=1S/C19H23ClN2O2/c1-14(19(23)21-2)22-11-10-15-6-8-18(9-7-15)24-13-16-4-3-5-17(20)12-16/h3-9,12,14,22H,10-11,13H2,1-2H3,(H,21,23)/t14-/m0/s1. The monoisotopic (exact) mass is 346 g/mol. The van der Waals surface area contributed by atoms with Crippen molar-refractivity contribution >= 4 is 17.5 Å². The molecule has 0 unspecified atom stereocenters. The number of hydrogen-bond acceptors (Lipinski definition) is 3. The van der Waals surface area contributed by atoms with Crippen LogP contribution in [0, 0.1) is 0 Å². The molecule has 0 radical (unpaired) electrons. The molecule has 0 fully saturated rings. The summed E-state index contributed by atoms with van der Waals surface area (Å²) in [5.41, 5.74) is 2.24. The SMILES string of the molecule is CNC(=O)[C@H](C)NCCc1ccc(OCc2cccc(Cl)c2)cc1. The second kappa shape index (κ2) is 9.30. The molecule has 0 aromatic heterocycles. The Kier molecular flexibility index (Phi) is 7.09. The highest BCUT2D eigenvalue weighted by Gasteiger charge is 2.08. The van der Waals surface area contributed by atoms with Crippen molar-refractivity contribution in [1.82, 2.24) is 10.6 Å². The summed E-state index contributed by atoms with van der Waals surface area (Å²) < 4.78 is 5.76. The number of rotatable bonds is 8. The number of amides is 1. The van der Waals surface area contributed by atoms with Gasteiger partial charge in [-0.25, -0.2) is 0 Å². The number of likely N-dealkylation sites (N-methyl/N-ethyl adjacent to an activating group) is 1. The van der Waals surface area contributed by atoms with Crippen molar-refractivity contribution in [1.29, 1.82) is 0 Å². The van der Waals surface area contributed by atoms with Crippen LogP contribution in [-0.2, 0) is 17.8 Å². The average Bonchev–Trinajstić information content (AvgIpc) is 2.60. The summed E-state index contributed by atoms with van der Waals surface area (Å²) in [4.78, 5) is 11.4. The van der Waals surface area contributed by atoms with E-state index in [0.717, 1.165) is 24.3 Å². The van der Waals surface area contributed by atoms with Crippen molar-refractivity contribution in [2.45, 2.75) is 26.0 Å². The third kappa shape index (κ3) is 5.87. The summed E-state index contributed by atoms with van der Waals surface area (Å²) in [7, 11) is 1.64. The number of carbonyl (C=O) groups excluding carboxylic acids is 1. The topological polar surface area (TPSA) is 50.4 Å². The molecule has 24 heavy (non-hydrogen) atoms. The lowest BCUT2D eigenvalue weighted by atomic mass is 10.1. The highest BCUT2D eigenvalue weighted by molar-refractivity contribution is 6.30. The summed E-state index contributed by atoms with van der Waals surface area (Å²) in [5, 5.41) is 6.53. The maximum atomic E-state index is 11.4. The van der Waals surface area contributed by atoms with Gasteiger partial charge in [0.1, 0.15) is 12.4 Å². The molecule has 2 rings (SSSR count). The van der Waals surface area contributed by atoms with Crippen LogP contribution >= 0.6 is 11.6 Å². The Morgan fingerprint density at radius 2 is 1.92 bits per heavy atom. The molecule has 0 aliphatic rings. The minimum atomic E-state index is -0.185. The van der Waals surface area contributed by atoms with Crippen LogP contribution in [0.2, 0.25) is 5.02 Å². The van der Waals surface area contributed by atoms with Crippen molar-refractivity contribution in [2.75, 3.05) is 13.6 Å². The van der Waals surface area contributed by atoms with E-state index in [2.05, 4.69) is 10.6 Å². The third-order valence-electron chi connectivity index (χ3n) is 3.72. The Balaban J connectivity index is 1.77. The fourth-order valence-corrected chi connectivity index (χ4v) is 2.50. The first kappa shape index (κ1) is 18.3. The van der Waals surface area contributed by atoms with Crippen LogP contribution in [0.1, 0.15) is 18.1 Å². The van der Waals surface area contributed by atoms with Gasteiger partial charge in [0, 0.05) is 12.1 Å². The van der Waals surface area contributed by atoms with E-state index in [4.69, 9.17) is 16.3 Å². The minimum Gasteiger partial charge on any atom is -0.489 e. The maximum absolute atomic E-state index is 11.4. The Labute approximate surface area is 148 Å². The highest BCUT2D eigenvalue weighted by Crippen LogP contribution is 2.16. The van der Waals surface area contributed by atoms with Crippen LogP contribution in [0.15, 0.2) is 48.5 Å².